The molecule has 2 nitrogen and oxygen atoms in total. The molecule has 0 fully saturated rings. The predicted molar refractivity (Wildman–Crippen MR) is 91.9 cm³/mol. The lowest BCUT2D eigenvalue weighted by Crippen LogP contribution is -2.14. The quantitative estimate of drug-likeness (QED) is 0.850. The Morgan fingerprint density at radius 2 is 1.90 bits per heavy atom. The number of hydrogen-bond acceptors (Lipinski definition) is 2. The molecule has 0 amide bonds. The van der Waals surface area contributed by atoms with Gasteiger partial charge in [-0.05, 0) is 71.9 Å². The summed E-state index contributed by atoms with van der Waals surface area (Å²) >= 11 is 3.55. The van der Waals surface area contributed by atoms with E-state index < -0.39 is 0 Å². The minimum atomic E-state index is -0.0162. The molecule has 2 aromatic carbocycles. The van der Waals surface area contributed by atoms with E-state index in [1.807, 2.05) is 19.1 Å². The second-order valence-corrected chi connectivity index (χ2v) is 6.22. The fraction of sp³-hybridized carbons (Fsp3) is 0.333. The van der Waals surface area contributed by atoms with E-state index >= 15 is 0 Å². The van der Waals surface area contributed by atoms with Gasteiger partial charge in [0.2, 0.25) is 0 Å². The first-order valence-corrected chi connectivity index (χ1v) is 8.04. The number of benzene rings is 2. The van der Waals surface area contributed by atoms with Crippen molar-refractivity contribution in [2.45, 2.75) is 33.2 Å². The van der Waals surface area contributed by atoms with Crippen molar-refractivity contribution in [2.75, 3.05) is 6.61 Å². The number of halogens is 1. The molecule has 0 aliphatic rings. The second-order valence-electron chi connectivity index (χ2n) is 5.36. The van der Waals surface area contributed by atoms with Crippen LogP contribution in [0.5, 0.6) is 5.75 Å². The Hall–Kier alpha value is -1.32. The van der Waals surface area contributed by atoms with Crippen LogP contribution in [0.4, 0.5) is 0 Å². The molecule has 1 atom stereocenters. The topological polar surface area (TPSA) is 35.2 Å². The van der Waals surface area contributed by atoms with E-state index in [2.05, 4.69) is 54.0 Å². The molecule has 0 aliphatic heterocycles. The molecular formula is C18H22BrNO. The van der Waals surface area contributed by atoms with Crippen molar-refractivity contribution < 1.29 is 4.74 Å². The third-order valence-corrected chi connectivity index (χ3v) is 4.25. The summed E-state index contributed by atoms with van der Waals surface area (Å²) in [5.74, 6) is 0.861. The number of aryl methyl sites for hydroxylation is 2. The minimum Gasteiger partial charge on any atom is -0.493 e. The van der Waals surface area contributed by atoms with Crippen molar-refractivity contribution >= 4 is 15.9 Å². The van der Waals surface area contributed by atoms with E-state index in [1.54, 1.807) is 0 Å². The van der Waals surface area contributed by atoms with Crippen LogP contribution in [0.2, 0.25) is 0 Å². The van der Waals surface area contributed by atoms with Gasteiger partial charge in [0.25, 0.3) is 0 Å². The van der Waals surface area contributed by atoms with Gasteiger partial charge in [0.1, 0.15) is 5.75 Å². The molecular weight excluding hydrogens is 326 g/mol. The summed E-state index contributed by atoms with van der Waals surface area (Å²) in [6, 6.07) is 12.6. The number of nitrogens with two attached hydrogens (primary N) is 1. The summed E-state index contributed by atoms with van der Waals surface area (Å²) in [5, 5.41) is 0. The van der Waals surface area contributed by atoms with E-state index in [0.29, 0.717) is 6.61 Å². The second kappa shape index (κ2) is 7.10. The van der Waals surface area contributed by atoms with E-state index in [1.165, 1.54) is 16.7 Å². The van der Waals surface area contributed by atoms with Crippen LogP contribution >= 0.6 is 15.9 Å². The molecule has 0 aromatic heterocycles. The fourth-order valence-electron chi connectivity index (χ4n) is 2.40. The van der Waals surface area contributed by atoms with Gasteiger partial charge in [0.05, 0.1) is 11.1 Å². The summed E-state index contributed by atoms with van der Waals surface area (Å²) in [7, 11) is 0. The van der Waals surface area contributed by atoms with Gasteiger partial charge in [-0.25, -0.2) is 0 Å². The standard InChI is InChI=1S/C18H22BrNO/c1-4-21-18-8-7-14(10-16(18)19)17(20)11-15-9-12(2)5-6-13(15)3/h5-10,17H,4,11,20H2,1-3H3. The highest BCUT2D eigenvalue weighted by Crippen LogP contribution is 2.29. The van der Waals surface area contributed by atoms with Crippen LogP contribution in [-0.4, -0.2) is 6.61 Å². The molecule has 0 saturated heterocycles. The van der Waals surface area contributed by atoms with Crippen LogP contribution in [0, 0.1) is 13.8 Å². The van der Waals surface area contributed by atoms with Crippen molar-refractivity contribution in [2.24, 2.45) is 5.73 Å². The third-order valence-electron chi connectivity index (χ3n) is 3.63. The van der Waals surface area contributed by atoms with Crippen LogP contribution in [0.15, 0.2) is 40.9 Å². The Labute approximate surface area is 135 Å². The average Bonchev–Trinajstić information content (AvgIpc) is 2.45. The molecule has 0 radical (unpaired) electrons. The highest BCUT2D eigenvalue weighted by Gasteiger charge is 2.11. The number of hydrogen-bond donors (Lipinski definition) is 1. The van der Waals surface area contributed by atoms with Gasteiger partial charge in [-0.3, -0.25) is 0 Å². The van der Waals surface area contributed by atoms with Gasteiger partial charge >= 0.3 is 0 Å². The first kappa shape index (κ1) is 16.1. The average molecular weight is 348 g/mol. The van der Waals surface area contributed by atoms with Crippen molar-refractivity contribution in [3.63, 3.8) is 0 Å². The van der Waals surface area contributed by atoms with Crippen LogP contribution < -0.4 is 10.5 Å². The monoisotopic (exact) mass is 347 g/mol. The highest BCUT2D eigenvalue weighted by molar-refractivity contribution is 9.10. The maximum atomic E-state index is 6.38. The molecule has 0 heterocycles. The molecule has 112 valence electrons. The Balaban J connectivity index is 2.18. The van der Waals surface area contributed by atoms with Crippen molar-refractivity contribution in [1.82, 2.24) is 0 Å². The van der Waals surface area contributed by atoms with Gasteiger partial charge in [0.15, 0.2) is 0 Å². The lowest BCUT2D eigenvalue weighted by atomic mass is 9.95. The maximum absolute atomic E-state index is 6.38. The Morgan fingerprint density at radius 1 is 1.14 bits per heavy atom. The van der Waals surface area contributed by atoms with E-state index in [0.717, 1.165) is 22.2 Å². The van der Waals surface area contributed by atoms with Crippen molar-refractivity contribution in [3.8, 4) is 5.75 Å². The van der Waals surface area contributed by atoms with E-state index in [-0.39, 0.29) is 6.04 Å². The number of ether oxygens (including phenoxy) is 1. The van der Waals surface area contributed by atoms with Crippen LogP contribution in [0.25, 0.3) is 0 Å². The molecule has 2 N–H and O–H groups in total. The Bertz CT molecular complexity index is 625. The maximum Gasteiger partial charge on any atom is 0.133 e. The SMILES string of the molecule is CCOc1ccc(C(N)Cc2cc(C)ccc2C)cc1Br. The van der Waals surface area contributed by atoms with Gasteiger partial charge in [-0.15, -0.1) is 0 Å². The zero-order chi connectivity index (χ0) is 15.4. The lowest BCUT2D eigenvalue weighted by molar-refractivity contribution is 0.338. The minimum absolute atomic E-state index is 0.0162. The molecule has 3 heteroatoms. The van der Waals surface area contributed by atoms with Crippen LogP contribution in [-0.2, 0) is 6.42 Å². The van der Waals surface area contributed by atoms with Gasteiger partial charge in [-0.2, -0.15) is 0 Å². The summed E-state index contributed by atoms with van der Waals surface area (Å²) < 4.78 is 6.49. The van der Waals surface area contributed by atoms with Crippen molar-refractivity contribution in [3.05, 3.63) is 63.1 Å². The summed E-state index contributed by atoms with van der Waals surface area (Å²) in [6.45, 7) is 6.89. The molecule has 0 saturated carbocycles. The Kier molecular flexibility index (Phi) is 5.43. The fourth-order valence-corrected chi connectivity index (χ4v) is 2.91. The van der Waals surface area contributed by atoms with E-state index in [9.17, 15) is 0 Å². The molecule has 0 bridgehead atoms. The van der Waals surface area contributed by atoms with Gasteiger partial charge < -0.3 is 10.5 Å². The van der Waals surface area contributed by atoms with Crippen LogP contribution in [0.3, 0.4) is 0 Å². The van der Waals surface area contributed by atoms with Crippen molar-refractivity contribution in [1.29, 1.82) is 0 Å². The zero-order valence-electron chi connectivity index (χ0n) is 12.8. The molecule has 21 heavy (non-hydrogen) atoms. The highest BCUT2D eigenvalue weighted by atomic mass is 79.9. The molecule has 2 aromatic rings. The van der Waals surface area contributed by atoms with Gasteiger partial charge in [-0.1, -0.05) is 29.8 Å². The lowest BCUT2D eigenvalue weighted by Gasteiger charge is -2.16. The normalized spacial score (nSPS) is 12.2. The first-order chi connectivity index (χ1) is 10.0. The zero-order valence-corrected chi connectivity index (χ0v) is 14.4. The number of rotatable bonds is 5. The largest absolute Gasteiger partial charge is 0.493 e. The smallest absolute Gasteiger partial charge is 0.133 e. The predicted octanol–water partition coefficient (Wildman–Crippen LogP) is 4.71. The summed E-state index contributed by atoms with van der Waals surface area (Å²) in [6.07, 6.45) is 0.841. The van der Waals surface area contributed by atoms with Crippen LogP contribution in [0.1, 0.15) is 35.2 Å². The Morgan fingerprint density at radius 3 is 2.57 bits per heavy atom. The first-order valence-electron chi connectivity index (χ1n) is 7.25. The van der Waals surface area contributed by atoms with E-state index in [4.69, 9.17) is 10.5 Å². The molecule has 0 spiro atoms. The summed E-state index contributed by atoms with van der Waals surface area (Å²) in [5.41, 5.74) is 11.4. The molecule has 1 unspecified atom stereocenters. The van der Waals surface area contributed by atoms with Gasteiger partial charge in [0, 0.05) is 6.04 Å². The third kappa shape index (κ3) is 4.08. The molecule has 0 aliphatic carbocycles. The summed E-state index contributed by atoms with van der Waals surface area (Å²) in [4.78, 5) is 0. The molecule has 2 rings (SSSR count).